The van der Waals surface area contributed by atoms with Crippen LogP contribution in [0.25, 0.3) is 10.9 Å². The maximum absolute atomic E-state index is 8.95. The minimum Gasteiger partial charge on any atom is -0.382 e. The van der Waals surface area contributed by atoms with Gasteiger partial charge in [0.25, 0.3) is 0 Å². The van der Waals surface area contributed by atoms with E-state index in [1.165, 1.54) is 6.20 Å². The number of rotatable bonds is 3. The molecule has 3 heterocycles. The number of anilines is 3. The molecule has 0 spiro atoms. The normalized spacial score (nSPS) is 17.4. The average molecular weight is 334 g/mol. The first-order valence-electron chi connectivity index (χ1n) is 8.20. The summed E-state index contributed by atoms with van der Waals surface area (Å²) in [5.74, 6) is 0.807. The van der Waals surface area contributed by atoms with Crippen LogP contribution in [0.2, 0.25) is 0 Å². The van der Waals surface area contributed by atoms with E-state index < -0.39 is 0 Å². The first-order chi connectivity index (χ1) is 12.2. The molecule has 0 bridgehead atoms. The molecule has 3 aromatic rings. The number of nitriles is 1. The summed E-state index contributed by atoms with van der Waals surface area (Å²) in [6.07, 6.45) is 5.42. The van der Waals surface area contributed by atoms with Gasteiger partial charge in [0.1, 0.15) is 17.5 Å². The van der Waals surface area contributed by atoms with Crippen LogP contribution in [0.3, 0.4) is 0 Å². The van der Waals surface area contributed by atoms with Crippen molar-refractivity contribution in [3.63, 3.8) is 0 Å². The lowest BCUT2D eigenvalue weighted by Crippen LogP contribution is -2.43. The number of nitrogens with two attached hydrogens (primary N) is 1. The molecule has 8 heteroatoms. The summed E-state index contributed by atoms with van der Waals surface area (Å²) in [6.45, 7) is 1.67. The van der Waals surface area contributed by atoms with E-state index in [1.807, 2.05) is 18.3 Å². The van der Waals surface area contributed by atoms with Crippen molar-refractivity contribution in [2.75, 3.05) is 29.0 Å². The van der Waals surface area contributed by atoms with Gasteiger partial charge in [-0.3, -0.25) is 5.10 Å². The van der Waals surface area contributed by atoms with E-state index in [2.05, 4.69) is 42.5 Å². The molecule has 0 aliphatic carbocycles. The van der Waals surface area contributed by atoms with E-state index in [0.717, 1.165) is 42.5 Å². The van der Waals surface area contributed by atoms with Crippen molar-refractivity contribution in [3.05, 3.63) is 36.2 Å². The highest BCUT2D eigenvalue weighted by Crippen LogP contribution is 2.22. The van der Waals surface area contributed by atoms with Gasteiger partial charge >= 0.3 is 0 Å². The second-order valence-corrected chi connectivity index (χ2v) is 6.18. The molecule has 1 saturated heterocycles. The van der Waals surface area contributed by atoms with Gasteiger partial charge in [0.05, 0.1) is 17.9 Å². The Bertz CT molecular complexity index is 941. The van der Waals surface area contributed by atoms with Crippen molar-refractivity contribution in [3.8, 4) is 6.07 Å². The topological polar surface area (TPSA) is 120 Å². The molecule has 8 nitrogen and oxygen atoms in total. The summed E-state index contributed by atoms with van der Waals surface area (Å²) < 4.78 is 0. The zero-order chi connectivity index (χ0) is 17.2. The lowest BCUT2D eigenvalue weighted by Gasteiger charge is -2.33. The van der Waals surface area contributed by atoms with Crippen molar-refractivity contribution in [1.29, 1.82) is 5.26 Å². The quantitative estimate of drug-likeness (QED) is 0.669. The third-order valence-electron chi connectivity index (χ3n) is 4.44. The number of nitrogens with one attached hydrogen (secondary N) is 2. The Hall–Kier alpha value is -3.34. The fourth-order valence-corrected chi connectivity index (χ4v) is 3.17. The highest BCUT2D eigenvalue weighted by Gasteiger charge is 2.22. The van der Waals surface area contributed by atoms with Gasteiger partial charge in [-0.25, -0.2) is 4.98 Å². The molecule has 1 unspecified atom stereocenters. The number of H-pyrrole nitrogens is 1. The smallest absolute Gasteiger partial charge is 0.227 e. The standard InChI is InChI=1S/C17H18N8/c18-7-12-8-20-17(23-16(12)19)25-5-1-2-14(10-25)22-13-3-4-15-11(6-13)9-21-24-15/h3-4,6,8-9,14,22H,1-2,5,10H2,(H,21,24)(H2,19,20,23). The molecule has 2 aromatic heterocycles. The fraction of sp³-hybridized carbons (Fsp3) is 0.294. The van der Waals surface area contributed by atoms with Crippen LogP contribution < -0.4 is 16.0 Å². The molecule has 126 valence electrons. The molecule has 1 fully saturated rings. The van der Waals surface area contributed by atoms with Crippen LogP contribution in [0.5, 0.6) is 0 Å². The SMILES string of the molecule is N#Cc1cnc(N2CCCC(Nc3ccc4[nH]ncc4c3)C2)nc1N. The van der Waals surface area contributed by atoms with Gasteiger partial charge < -0.3 is 16.0 Å². The highest BCUT2D eigenvalue weighted by molar-refractivity contribution is 5.81. The molecular weight excluding hydrogens is 316 g/mol. The third kappa shape index (κ3) is 3.04. The average Bonchev–Trinajstić information content (AvgIpc) is 3.09. The predicted molar refractivity (Wildman–Crippen MR) is 96.1 cm³/mol. The number of nitrogen functional groups attached to an aromatic ring is 1. The molecule has 0 amide bonds. The maximum Gasteiger partial charge on any atom is 0.227 e. The van der Waals surface area contributed by atoms with Gasteiger partial charge in [-0.05, 0) is 31.0 Å². The second-order valence-electron chi connectivity index (χ2n) is 6.18. The number of hydrogen-bond donors (Lipinski definition) is 3. The van der Waals surface area contributed by atoms with Crippen molar-refractivity contribution < 1.29 is 0 Å². The molecule has 1 aromatic carbocycles. The largest absolute Gasteiger partial charge is 0.382 e. The number of benzene rings is 1. The zero-order valence-corrected chi connectivity index (χ0v) is 13.6. The van der Waals surface area contributed by atoms with Crippen molar-refractivity contribution in [2.45, 2.75) is 18.9 Å². The summed E-state index contributed by atoms with van der Waals surface area (Å²) in [6, 6.07) is 8.45. The summed E-state index contributed by atoms with van der Waals surface area (Å²) >= 11 is 0. The van der Waals surface area contributed by atoms with Crippen LogP contribution in [0.4, 0.5) is 17.5 Å². The minimum absolute atomic E-state index is 0.230. The fourth-order valence-electron chi connectivity index (χ4n) is 3.17. The number of piperidine rings is 1. The van der Waals surface area contributed by atoms with Crippen LogP contribution in [0.1, 0.15) is 18.4 Å². The van der Waals surface area contributed by atoms with E-state index in [-0.39, 0.29) is 5.82 Å². The Morgan fingerprint density at radius 2 is 2.28 bits per heavy atom. The number of nitrogens with zero attached hydrogens (tertiary/aromatic N) is 5. The van der Waals surface area contributed by atoms with Gasteiger partial charge in [-0.15, -0.1) is 0 Å². The third-order valence-corrected chi connectivity index (χ3v) is 4.44. The van der Waals surface area contributed by atoms with Crippen LogP contribution in [-0.4, -0.2) is 39.3 Å². The lowest BCUT2D eigenvalue weighted by molar-refractivity contribution is 0.523. The second kappa shape index (κ2) is 6.28. The number of aromatic nitrogens is 4. The van der Waals surface area contributed by atoms with Crippen molar-refractivity contribution >= 4 is 28.4 Å². The molecule has 4 N–H and O–H groups in total. The van der Waals surface area contributed by atoms with E-state index >= 15 is 0 Å². The van der Waals surface area contributed by atoms with Gasteiger partial charge in [-0.2, -0.15) is 15.3 Å². The molecule has 25 heavy (non-hydrogen) atoms. The maximum atomic E-state index is 8.95. The minimum atomic E-state index is 0.230. The first kappa shape index (κ1) is 15.2. The van der Waals surface area contributed by atoms with E-state index in [9.17, 15) is 0 Å². The number of fused-ring (bicyclic) bond motifs is 1. The molecule has 1 aliphatic rings. The van der Waals surface area contributed by atoms with Crippen LogP contribution in [-0.2, 0) is 0 Å². The van der Waals surface area contributed by atoms with Crippen LogP contribution in [0.15, 0.2) is 30.6 Å². The molecular formula is C17H18N8. The Balaban J connectivity index is 1.48. The van der Waals surface area contributed by atoms with Gasteiger partial charge in [0.15, 0.2) is 0 Å². The predicted octanol–water partition coefficient (Wildman–Crippen LogP) is 1.89. The molecule has 0 saturated carbocycles. The summed E-state index contributed by atoms with van der Waals surface area (Å²) in [4.78, 5) is 10.7. The Morgan fingerprint density at radius 1 is 1.36 bits per heavy atom. The van der Waals surface area contributed by atoms with Crippen molar-refractivity contribution in [2.24, 2.45) is 0 Å². The van der Waals surface area contributed by atoms with Crippen molar-refractivity contribution in [1.82, 2.24) is 20.2 Å². The monoisotopic (exact) mass is 334 g/mol. The Morgan fingerprint density at radius 3 is 3.12 bits per heavy atom. The van der Waals surface area contributed by atoms with E-state index in [1.54, 1.807) is 0 Å². The summed E-state index contributed by atoms with van der Waals surface area (Å²) in [7, 11) is 0. The Labute approximate surface area is 144 Å². The zero-order valence-electron chi connectivity index (χ0n) is 13.6. The van der Waals surface area contributed by atoms with Crippen LogP contribution in [0, 0.1) is 11.3 Å². The van der Waals surface area contributed by atoms with Crippen LogP contribution >= 0.6 is 0 Å². The van der Waals surface area contributed by atoms with Gasteiger partial charge in [-0.1, -0.05) is 0 Å². The molecule has 1 atom stereocenters. The summed E-state index contributed by atoms with van der Waals surface area (Å²) in [5, 5.41) is 20.6. The first-order valence-corrected chi connectivity index (χ1v) is 8.20. The molecule has 1 aliphatic heterocycles. The van der Waals surface area contributed by atoms with E-state index in [0.29, 0.717) is 17.6 Å². The highest BCUT2D eigenvalue weighted by atomic mass is 15.3. The molecule has 4 rings (SSSR count). The number of aromatic amines is 1. The lowest BCUT2D eigenvalue weighted by atomic mass is 10.1. The van der Waals surface area contributed by atoms with Gasteiger partial charge in [0.2, 0.25) is 5.95 Å². The van der Waals surface area contributed by atoms with Gasteiger partial charge in [0, 0.05) is 30.2 Å². The Kier molecular flexibility index (Phi) is 3.82. The molecule has 0 radical (unpaired) electrons. The summed E-state index contributed by atoms with van der Waals surface area (Å²) in [5.41, 5.74) is 8.22. The van der Waals surface area contributed by atoms with E-state index in [4.69, 9.17) is 11.0 Å². The number of hydrogen-bond acceptors (Lipinski definition) is 7.